The number of imidazole rings is 1. The summed E-state index contributed by atoms with van der Waals surface area (Å²) in [6, 6.07) is 12.9. The van der Waals surface area contributed by atoms with Crippen molar-refractivity contribution < 1.29 is 13.9 Å². The van der Waals surface area contributed by atoms with E-state index in [-0.39, 0.29) is 11.7 Å². The van der Waals surface area contributed by atoms with Gasteiger partial charge in [-0.3, -0.25) is 4.79 Å². The van der Waals surface area contributed by atoms with Gasteiger partial charge in [-0.25, -0.2) is 14.1 Å². The van der Waals surface area contributed by atoms with Gasteiger partial charge < -0.3 is 14.6 Å². The first-order valence-electron chi connectivity index (χ1n) is 9.71. The SMILES string of the molecule is COc1ccccc1[C@@H](NC(=O)c1cnn(-c2ccc(F)cc2)c1C)c1nccn1C. The van der Waals surface area contributed by atoms with Gasteiger partial charge in [-0.1, -0.05) is 18.2 Å². The van der Waals surface area contributed by atoms with E-state index in [2.05, 4.69) is 15.4 Å². The molecule has 1 N–H and O–H groups in total. The van der Waals surface area contributed by atoms with Crippen molar-refractivity contribution in [1.82, 2.24) is 24.6 Å². The molecule has 0 aliphatic rings. The molecule has 1 amide bonds. The van der Waals surface area contributed by atoms with E-state index in [4.69, 9.17) is 4.74 Å². The Morgan fingerprint density at radius 1 is 1.16 bits per heavy atom. The van der Waals surface area contributed by atoms with Crippen LogP contribution in [0, 0.1) is 12.7 Å². The maximum atomic E-state index is 13.3. The Bertz CT molecular complexity index is 1210. The molecule has 8 heteroatoms. The quantitative estimate of drug-likeness (QED) is 0.518. The first-order valence-corrected chi connectivity index (χ1v) is 9.71. The van der Waals surface area contributed by atoms with Crippen LogP contribution in [0.5, 0.6) is 5.75 Å². The van der Waals surface area contributed by atoms with Crippen molar-refractivity contribution >= 4 is 5.91 Å². The number of aryl methyl sites for hydroxylation is 1. The second kappa shape index (κ2) is 8.43. The van der Waals surface area contributed by atoms with Crippen LogP contribution in [-0.4, -0.2) is 32.3 Å². The molecule has 2 aromatic carbocycles. The molecule has 0 aliphatic carbocycles. The van der Waals surface area contributed by atoms with Gasteiger partial charge in [0.25, 0.3) is 5.91 Å². The normalized spacial score (nSPS) is 11.9. The third-order valence-corrected chi connectivity index (χ3v) is 5.17. The molecule has 7 nitrogen and oxygen atoms in total. The Balaban J connectivity index is 1.69. The van der Waals surface area contributed by atoms with E-state index >= 15 is 0 Å². The van der Waals surface area contributed by atoms with E-state index in [1.54, 1.807) is 37.0 Å². The molecule has 0 spiro atoms. The summed E-state index contributed by atoms with van der Waals surface area (Å²) < 4.78 is 22.2. The van der Waals surface area contributed by atoms with Gasteiger partial charge in [0.1, 0.15) is 23.4 Å². The number of nitrogens with zero attached hydrogens (tertiary/aromatic N) is 4. The number of benzene rings is 2. The van der Waals surface area contributed by atoms with Crippen LogP contribution in [0.15, 0.2) is 67.1 Å². The molecule has 158 valence electrons. The zero-order valence-electron chi connectivity index (χ0n) is 17.4. The number of halogens is 1. The zero-order chi connectivity index (χ0) is 22.0. The molecule has 0 saturated heterocycles. The van der Waals surface area contributed by atoms with E-state index in [9.17, 15) is 9.18 Å². The fourth-order valence-electron chi connectivity index (χ4n) is 3.53. The highest BCUT2D eigenvalue weighted by Crippen LogP contribution is 2.29. The van der Waals surface area contributed by atoms with Crippen molar-refractivity contribution in [2.75, 3.05) is 7.11 Å². The summed E-state index contributed by atoms with van der Waals surface area (Å²) in [4.78, 5) is 17.7. The number of para-hydroxylation sites is 1. The lowest BCUT2D eigenvalue weighted by atomic mass is 10.0. The highest BCUT2D eigenvalue weighted by Gasteiger charge is 2.26. The smallest absolute Gasteiger partial charge is 0.255 e. The number of rotatable bonds is 6. The van der Waals surface area contributed by atoms with Gasteiger partial charge in [-0.2, -0.15) is 5.10 Å². The van der Waals surface area contributed by atoms with Crippen molar-refractivity contribution in [1.29, 1.82) is 0 Å². The van der Waals surface area contributed by atoms with Gasteiger partial charge in [0.15, 0.2) is 0 Å². The van der Waals surface area contributed by atoms with Crippen LogP contribution in [-0.2, 0) is 7.05 Å². The molecule has 1 atom stereocenters. The molecule has 0 saturated carbocycles. The maximum absolute atomic E-state index is 13.3. The third kappa shape index (κ3) is 3.92. The highest BCUT2D eigenvalue weighted by molar-refractivity contribution is 5.95. The minimum Gasteiger partial charge on any atom is -0.496 e. The monoisotopic (exact) mass is 419 g/mol. The Hall–Kier alpha value is -3.94. The largest absolute Gasteiger partial charge is 0.496 e. The number of nitrogens with one attached hydrogen (secondary N) is 1. The van der Waals surface area contributed by atoms with Crippen LogP contribution in [0.25, 0.3) is 5.69 Å². The average Bonchev–Trinajstić information content (AvgIpc) is 3.38. The molecular weight excluding hydrogens is 397 g/mol. The predicted octanol–water partition coefficient (Wildman–Crippen LogP) is 3.58. The molecule has 4 rings (SSSR count). The number of aromatic nitrogens is 4. The van der Waals surface area contributed by atoms with Crippen molar-refractivity contribution in [3.8, 4) is 11.4 Å². The fraction of sp³-hybridized carbons (Fsp3) is 0.174. The van der Waals surface area contributed by atoms with E-state index in [1.807, 2.05) is 42.1 Å². The summed E-state index contributed by atoms with van der Waals surface area (Å²) in [5.41, 5.74) is 2.51. The molecule has 2 aromatic heterocycles. The molecule has 0 radical (unpaired) electrons. The van der Waals surface area contributed by atoms with Crippen LogP contribution < -0.4 is 10.1 Å². The van der Waals surface area contributed by atoms with Crippen LogP contribution in [0.4, 0.5) is 4.39 Å². The minimum atomic E-state index is -0.530. The van der Waals surface area contributed by atoms with Crippen molar-refractivity contribution in [3.63, 3.8) is 0 Å². The van der Waals surface area contributed by atoms with Gasteiger partial charge in [0, 0.05) is 25.0 Å². The number of carbonyl (C=O) groups is 1. The van der Waals surface area contributed by atoms with Crippen LogP contribution >= 0.6 is 0 Å². The number of hydrogen-bond donors (Lipinski definition) is 1. The number of methoxy groups -OCH3 is 1. The van der Waals surface area contributed by atoms with Crippen molar-refractivity contribution in [3.05, 3.63) is 95.6 Å². The summed E-state index contributed by atoms with van der Waals surface area (Å²) in [7, 11) is 3.46. The molecule has 31 heavy (non-hydrogen) atoms. The lowest BCUT2D eigenvalue weighted by Crippen LogP contribution is -2.31. The summed E-state index contributed by atoms with van der Waals surface area (Å²) >= 11 is 0. The Morgan fingerprint density at radius 3 is 2.58 bits per heavy atom. The zero-order valence-corrected chi connectivity index (χ0v) is 17.4. The molecule has 2 heterocycles. The number of ether oxygens (including phenoxy) is 1. The topological polar surface area (TPSA) is 74.0 Å². The van der Waals surface area contributed by atoms with E-state index in [0.29, 0.717) is 28.5 Å². The Morgan fingerprint density at radius 2 is 1.90 bits per heavy atom. The number of carbonyl (C=O) groups excluding carboxylic acids is 1. The molecular formula is C23H22FN5O2. The Kier molecular flexibility index (Phi) is 5.53. The van der Waals surface area contributed by atoms with Gasteiger partial charge in [-0.05, 0) is 37.3 Å². The number of hydrogen-bond acceptors (Lipinski definition) is 4. The first kappa shape index (κ1) is 20.3. The van der Waals surface area contributed by atoms with Gasteiger partial charge >= 0.3 is 0 Å². The van der Waals surface area contributed by atoms with Crippen molar-refractivity contribution in [2.45, 2.75) is 13.0 Å². The van der Waals surface area contributed by atoms with Gasteiger partial charge in [-0.15, -0.1) is 0 Å². The molecule has 4 aromatic rings. The molecule has 0 unspecified atom stereocenters. The standard InChI is InChI=1S/C23H22FN5O2/c1-15-19(14-26-29(15)17-10-8-16(24)9-11-17)23(30)27-21(22-25-12-13-28(22)2)18-6-4-5-7-20(18)31-3/h4-14,21H,1-3H3,(H,27,30)/t21-/m1/s1. The second-order valence-corrected chi connectivity index (χ2v) is 7.08. The lowest BCUT2D eigenvalue weighted by Gasteiger charge is -2.21. The fourth-order valence-corrected chi connectivity index (χ4v) is 3.53. The van der Waals surface area contributed by atoms with E-state index in [0.717, 1.165) is 5.56 Å². The molecule has 0 fully saturated rings. The summed E-state index contributed by atoms with van der Waals surface area (Å²) in [5.74, 6) is 0.682. The van der Waals surface area contributed by atoms with Gasteiger partial charge in [0.2, 0.25) is 0 Å². The van der Waals surface area contributed by atoms with Crippen molar-refractivity contribution in [2.24, 2.45) is 7.05 Å². The predicted molar refractivity (Wildman–Crippen MR) is 114 cm³/mol. The minimum absolute atomic E-state index is 0.301. The highest BCUT2D eigenvalue weighted by atomic mass is 19.1. The second-order valence-electron chi connectivity index (χ2n) is 7.08. The van der Waals surface area contributed by atoms with Crippen LogP contribution in [0.3, 0.4) is 0 Å². The molecule has 0 bridgehead atoms. The first-order chi connectivity index (χ1) is 15.0. The van der Waals surface area contributed by atoms with Crippen LogP contribution in [0.2, 0.25) is 0 Å². The maximum Gasteiger partial charge on any atom is 0.255 e. The summed E-state index contributed by atoms with van der Waals surface area (Å²) in [6.45, 7) is 1.80. The average molecular weight is 419 g/mol. The molecule has 0 aliphatic heterocycles. The van der Waals surface area contributed by atoms with Gasteiger partial charge in [0.05, 0.1) is 30.3 Å². The van der Waals surface area contributed by atoms with E-state index < -0.39 is 6.04 Å². The van der Waals surface area contributed by atoms with Crippen LogP contribution in [0.1, 0.15) is 33.5 Å². The summed E-state index contributed by atoms with van der Waals surface area (Å²) in [5, 5.41) is 7.39. The Labute approximate surface area is 179 Å². The summed E-state index contributed by atoms with van der Waals surface area (Å²) in [6.07, 6.45) is 5.01. The van der Waals surface area contributed by atoms with E-state index in [1.165, 1.54) is 18.3 Å². The third-order valence-electron chi connectivity index (χ3n) is 5.17. The number of amides is 1. The lowest BCUT2D eigenvalue weighted by molar-refractivity contribution is 0.0940.